The van der Waals surface area contributed by atoms with Crippen LogP contribution in [0.25, 0.3) is 0 Å². The van der Waals surface area contributed by atoms with E-state index in [9.17, 15) is 4.79 Å². The second kappa shape index (κ2) is 11.7. The maximum atomic E-state index is 12.8. The van der Waals surface area contributed by atoms with Crippen LogP contribution in [-0.4, -0.2) is 55.5 Å². The van der Waals surface area contributed by atoms with Crippen molar-refractivity contribution >= 4 is 29.1 Å². The highest BCUT2D eigenvalue weighted by atomic mass is 35.5. The minimum absolute atomic E-state index is 0.0397. The zero-order valence-corrected chi connectivity index (χ0v) is 20.6. The fourth-order valence-electron chi connectivity index (χ4n) is 4.06. The third kappa shape index (κ3) is 6.51. The van der Waals surface area contributed by atoms with Gasteiger partial charge in [-0.25, -0.2) is 0 Å². The molecule has 7 heteroatoms. The van der Waals surface area contributed by atoms with Crippen molar-refractivity contribution < 1.29 is 14.3 Å². The summed E-state index contributed by atoms with van der Waals surface area (Å²) in [5, 5.41) is 1.32. The summed E-state index contributed by atoms with van der Waals surface area (Å²) in [4.78, 5) is 17.1. The van der Waals surface area contributed by atoms with E-state index in [0.29, 0.717) is 35.3 Å². The fourth-order valence-corrected chi connectivity index (χ4v) is 4.40. The zero-order chi connectivity index (χ0) is 23.9. The molecule has 1 amide bonds. The first kappa shape index (κ1) is 24.6. The van der Waals surface area contributed by atoms with Gasteiger partial charge in [0, 0.05) is 48.3 Å². The number of ether oxygens (including phenoxy) is 2. The molecule has 1 aliphatic rings. The van der Waals surface area contributed by atoms with Gasteiger partial charge in [0.15, 0.2) is 0 Å². The Labute approximate surface area is 210 Å². The molecule has 4 rings (SSSR count). The van der Waals surface area contributed by atoms with Crippen LogP contribution < -0.4 is 4.74 Å². The molecule has 3 aromatic rings. The lowest BCUT2D eigenvalue weighted by atomic mass is 10.1. The highest BCUT2D eigenvalue weighted by Gasteiger charge is 2.25. The van der Waals surface area contributed by atoms with Crippen molar-refractivity contribution in [2.75, 3.05) is 39.8 Å². The second-order valence-corrected chi connectivity index (χ2v) is 9.18. The molecular formula is C27H28Cl2N2O3. The van der Waals surface area contributed by atoms with Crippen LogP contribution in [0.5, 0.6) is 5.75 Å². The Balaban J connectivity index is 1.40. The summed E-state index contributed by atoms with van der Waals surface area (Å²) in [6, 6.07) is 22.8. The molecule has 178 valence electrons. The molecule has 1 aliphatic heterocycles. The molecule has 1 heterocycles. The number of amides is 1. The van der Waals surface area contributed by atoms with Gasteiger partial charge in [-0.05, 0) is 59.7 Å². The summed E-state index contributed by atoms with van der Waals surface area (Å²) < 4.78 is 11.8. The third-order valence-corrected chi connectivity index (χ3v) is 6.47. The Morgan fingerprint density at radius 2 is 1.65 bits per heavy atom. The van der Waals surface area contributed by atoms with E-state index >= 15 is 0 Å². The van der Waals surface area contributed by atoms with Gasteiger partial charge in [0.1, 0.15) is 5.75 Å². The largest absolute Gasteiger partial charge is 0.497 e. The summed E-state index contributed by atoms with van der Waals surface area (Å²) in [6.07, 6.45) is -0.146. The Bertz CT molecular complexity index is 1100. The maximum absolute atomic E-state index is 12.8. The smallest absolute Gasteiger partial charge is 0.253 e. The molecule has 34 heavy (non-hydrogen) atoms. The summed E-state index contributed by atoms with van der Waals surface area (Å²) in [5.74, 6) is 0.838. The van der Waals surface area contributed by atoms with Gasteiger partial charge in [0.2, 0.25) is 0 Å². The summed E-state index contributed by atoms with van der Waals surface area (Å²) >= 11 is 12.1. The number of halogens is 2. The van der Waals surface area contributed by atoms with Gasteiger partial charge < -0.3 is 14.4 Å². The van der Waals surface area contributed by atoms with Crippen LogP contribution in [0.3, 0.4) is 0 Å². The maximum Gasteiger partial charge on any atom is 0.253 e. The van der Waals surface area contributed by atoms with Crippen LogP contribution in [-0.2, 0) is 11.3 Å². The van der Waals surface area contributed by atoms with Crippen LogP contribution in [0, 0.1) is 0 Å². The van der Waals surface area contributed by atoms with Crippen LogP contribution in [0.4, 0.5) is 0 Å². The van der Waals surface area contributed by atoms with Crippen LogP contribution in [0.1, 0.15) is 27.6 Å². The summed E-state index contributed by atoms with van der Waals surface area (Å²) in [5.41, 5.74) is 2.75. The van der Waals surface area contributed by atoms with E-state index in [1.54, 1.807) is 31.4 Å². The lowest BCUT2D eigenvalue weighted by molar-refractivity contribution is 0.00333. The Hall–Kier alpha value is -2.57. The van der Waals surface area contributed by atoms with E-state index in [-0.39, 0.29) is 12.0 Å². The van der Waals surface area contributed by atoms with E-state index in [2.05, 4.69) is 11.0 Å². The lowest BCUT2D eigenvalue weighted by Crippen LogP contribution is -2.49. The number of hydrogen-bond acceptors (Lipinski definition) is 4. The molecule has 0 unspecified atom stereocenters. The average molecular weight is 499 g/mol. The topological polar surface area (TPSA) is 42.0 Å². The van der Waals surface area contributed by atoms with Gasteiger partial charge >= 0.3 is 0 Å². The molecular weight excluding hydrogens is 471 g/mol. The molecule has 3 aromatic carbocycles. The van der Waals surface area contributed by atoms with Crippen molar-refractivity contribution in [2.24, 2.45) is 0 Å². The molecule has 0 N–H and O–H groups in total. The van der Waals surface area contributed by atoms with Gasteiger partial charge in [-0.3, -0.25) is 9.69 Å². The van der Waals surface area contributed by atoms with Crippen molar-refractivity contribution in [3.63, 3.8) is 0 Å². The average Bonchev–Trinajstić information content (AvgIpc) is 2.87. The van der Waals surface area contributed by atoms with Crippen LogP contribution in [0.2, 0.25) is 10.0 Å². The minimum atomic E-state index is -0.146. The number of nitrogens with zero attached hydrogens (tertiary/aromatic N) is 2. The van der Waals surface area contributed by atoms with Gasteiger partial charge in [-0.15, -0.1) is 0 Å². The molecule has 0 aliphatic carbocycles. The Morgan fingerprint density at radius 1 is 0.912 bits per heavy atom. The van der Waals surface area contributed by atoms with Crippen molar-refractivity contribution in [3.05, 3.63) is 99.5 Å². The first-order chi connectivity index (χ1) is 16.5. The highest BCUT2D eigenvalue weighted by molar-refractivity contribution is 6.30. The number of carbonyl (C=O) groups excluding carboxylic acids is 1. The lowest BCUT2D eigenvalue weighted by Gasteiger charge is -2.36. The number of benzene rings is 3. The van der Waals surface area contributed by atoms with E-state index in [4.69, 9.17) is 32.7 Å². The van der Waals surface area contributed by atoms with E-state index < -0.39 is 0 Å². The fraction of sp³-hybridized carbons (Fsp3) is 0.296. The van der Waals surface area contributed by atoms with E-state index in [1.165, 1.54) is 0 Å². The van der Waals surface area contributed by atoms with Crippen molar-refractivity contribution in [1.82, 2.24) is 9.80 Å². The number of rotatable bonds is 8. The summed E-state index contributed by atoms with van der Waals surface area (Å²) in [6.45, 7) is 4.07. The number of hydrogen-bond donors (Lipinski definition) is 0. The monoisotopic (exact) mass is 498 g/mol. The van der Waals surface area contributed by atoms with E-state index in [1.807, 2.05) is 47.4 Å². The molecule has 0 spiro atoms. The molecule has 1 saturated heterocycles. The third-order valence-electron chi connectivity index (χ3n) is 5.98. The predicted octanol–water partition coefficient (Wildman–Crippen LogP) is 5.72. The minimum Gasteiger partial charge on any atom is -0.497 e. The summed E-state index contributed by atoms with van der Waals surface area (Å²) in [7, 11) is 1.66. The van der Waals surface area contributed by atoms with Crippen molar-refractivity contribution in [3.8, 4) is 5.75 Å². The normalized spacial score (nSPS) is 15.2. The zero-order valence-electron chi connectivity index (χ0n) is 19.1. The number of carbonyl (C=O) groups is 1. The van der Waals surface area contributed by atoms with Gasteiger partial charge in [-0.2, -0.15) is 0 Å². The van der Waals surface area contributed by atoms with Crippen molar-refractivity contribution in [1.29, 1.82) is 0 Å². The quantitative estimate of drug-likeness (QED) is 0.398. The molecule has 0 aromatic heterocycles. The molecule has 1 fully saturated rings. The van der Waals surface area contributed by atoms with Gasteiger partial charge in [0.05, 0.1) is 19.8 Å². The Kier molecular flexibility index (Phi) is 8.46. The predicted molar refractivity (Wildman–Crippen MR) is 136 cm³/mol. The van der Waals surface area contributed by atoms with Crippen LogP contribution in [0.15, 0.2) is 72.8 Å². The SMILES string of the molecule is COc1cccc([C@H](CN2CCN(C(=O)c3ccc(Cl)cc3)CC2)OCc2cccc(Cl)c2)c1. The standard InChI is InChI=1S/C27H28Cl2N2O3/c1-33-25-7-3-5-22(17-25)26(34-19-20-4-2-6-24(29)16-20)18-30-12-14-31(15-13-30)27(32)21-8-10-23(28)11-9-21/h2-11,16-17,26H,12-15,18-19H2,1H3/t26-/m0/s1. The van der Waals surface area contributed by atoms with Gasteiger partial charge in [-0.1, -0.05) is 47.5 Å². The molecule has 5 nitrogen and oxygen atoms in total. The van der Waals surface area contributed by atoms with Crippen LogP contribution >= 0.6 is 23.2 Å². The number of methoxy groups -OCH3 is 1. The van der Waals surface area contributed by atoms with Gasteiger partial charge in [0.25, 0.3) is 5.91 Å². The molecule has 0 saturated carbocycles. The molecule has 1 atom stereocenters. The first-order valence-corrected chi connectivity index (χ1v) is 12.0. The number of piperazine rings is 1. The second-order valence-electron chi connectivity index (χ2n) is 8.31. The first-order valence-electron chi connectivity index (χ1n) is 11.3. The Morgan fingerprint density at radius 3 is 2.35 bits per heavy atom. The highest BCUT2D eigenvalue weighted by Crippen LogP contribution is 2.26. The molecule has 0 radical (unpaired) electrons. The van der Waals surface area contributed by atoms with Crippen molar-refractivity contribution in [2.45, 2.75) is 12.7 Å². The molecule has 0 bridgehead atoms. The van der Waals surface area contributed by atoms with E-state index in [0.717, 1.165) is 36.5 Å².